The van der Waals surface area contributed by atoms with Crippen LogP contribution in [0.25, 0.3) is 0 Å². The molecule has 0 spiro atoms. The first-order valence-corrected chi connectivity index (χ1v) is 6.09. The van der Waals surface area contributed by atoms with Crippen LogP contribution in [-0.4, -0.2) is 23.2 Å². The van der Waals surface area contributed by atoms with Gasteiger partial charge in [0.05, 0.1) is 0 Å². The minimum absolute atomic E-state index is 0.276. The molecule has 0 bridgehead atoms. The fraction of sp³-hybridized carbons (Fsp3) is 0.800. The predicted molar refractivity (Wildman–Crippen MR) is 47.9 cm³/mol. The van der Waals surface area contributed by atoms with E-state index in [2.05, 4.69) is 0 Å². The molecule has 1 aliphatic rings. The van der Waals surface area contributed by atoms with Crippen LogP contribution in [0.2, 0.25) is 0 Å². The van der Waals surface area contributed by atoms with Crippen LogP contribution in [-0.2, 0) is 35.4 Å². The lowest BCUT2D eigenvalue weighted by Gasteiger charge is -2.30. The maximum Gasteiger partial charge on any atom is 0.145 e. The predicted octanol–water partition coefficient (Wildman–Crippen LogP) is 0.108. The standard InChI is InChI=1S/C5H8NOS3/c7-5-2-1-3-6(4-5)10(8)9/h1-4H2/q-1. The minimum Gasteiger partial charge on any atom is -0.376 e. The van der Waals surface area contributed by atoms with E-state index < -0.39 is 8.20 Å². The maximum absolute atomic E-state index is 10.8. The van der Waals surface area contributed by atoms with Gasteiger partial charge in [-0.1, -0.05) is 0 Å². The van der Waals surface area contributed by atoms with E-state index in [0.717, 1.165) is 13.0 Å². The highest BCUT2D eigenvalue weighted by atomic mass is 33.1. The molecule has 0 aromatic rings. The van der Waals surface area contributed by atoms with Crippen LogP contribution in [0, 0.1) is 0 Å². The molecule has 2 nitrogen and oxygen atoms in total. The normalized spacial score (nSPS) is 21.9. The van der Waals surface area contributed by atoms with E-state index in [1.54, 1.807) is 0 Å². The van der Waals surface area contributed by atoms with Crippen LogP contribution in [0.4, 0.5) is 0 Å². The first-order valence-electron chi connectivity index (χ1n) is 3.06. The number of hydrogen-bond donors (Lipinski definition) is 0. The van der Waals surface area contributed by atoms with Crippen LogP contribution in [0.15, 0.2) is 0 Å². The molecule has 0 aromatic carbocycles. The summed E-state index contributed by atoms with van der Waals surface area (Å²) in [5.74, 6) is 0.276. The first kappa shape index (κ1) is 8.52. The Balaban J connectivity index is 2.55. The quantitative estimate of drug-likeness (QED) is 0.552. The molecule has 0 amide bonds. The fourth-order valence-electron chi connectivity index (χ4n) is 0.935. The molecule has 0 saturated carbocycles. The molecule has 0 radical (unpaired) electrons. The van der Waals surface area contributed by atoms with Crippen molar-refractivity contribution in [3.05, 3.63) is 0 Å². The SMILES string of the molecule is O=C1CCCN([S-](=S)=S)C1. The Morgan fingerprint density at radius 1 is 1.50 bits per heavy atom. The fourth-order valence-corrected chi connectivity index (χ4v) is 2.23. The van der Waals surface area contributed by atoms with Crippen LogP contribution < -0.4 is 0 Å². The third kappa shape index (κ3) is 2.23. The van der Waals surface area contributed by atoms with Gasteiger partial charge in [-0.05, 0) is 13.0 Å². The second-order valence-corrected chi connectivity index (χ2v) is 5.70. The third-order valence-electron chi connectivity index (χ3n) is 1.43. The third-order valence-corrected chi connectivity index (χ3v) is 3.42. The Morgan fingerprint density at radius 2 is 2.20 bits per heavy atom. The zero-order chi connectivity index (χ0) is 7.56. The number of carbonyl (C=O) groups is 1. The highest BCUT2D eigenvalue weighted by Crippen LogP contribution is 2.04. The molecular weight excluding hydrogens is 186 g/mol. The molecule has 58 valence electrons. The Labute approximate surface area is 71.6 Å². The van der Waals surface area contributed by atoms with Crippen LogP contribution in [0.3, 0.4) is 0 Å². The summed E-state index contributed by atoms with van der Waals surface area (Å²) in [6.45, 7) is 1.39. The smallest absolute Gasteiger partial charge is 0.145 e. The largest absolute Gasteiger partial charge is 0.376 e. The van der Waals surface area contributed by atoms with E-state index >= 15 is 0 Å². The van der Waals surface area contributed by atoms with E-state index in [-0.39, 0.29) is 5.78 Å². The molecule has 0 aromatic heterocycles. The number of carbonyl (C=O) groups excluding carboxylic acids is 1. The van der Waals surface area contributed by atoms with Gasteiger partial charge in [-0.3, -0.25) is 13.0 Å². The lowest BCUT2D eigenvalue weighted by Crippen LogP contribution is -2.33. The molecule has 1 fully saturated rings. The van der Waals surface area contributed by atoms with E-state index in [0.29, 0.717) is 13.0 Å². The van der Waals surface area contributed by atoms with Crippen molar-refractivity contribution in [3.63, 3.8) is 0 Å². The van der Waals surface area contributed by atoms with Gasteiger partial charge in [0.2, 0.25) is 0 Å². The van der Waals surface area contributed by atoms with E-state index in [1.165, 1.54) is 0 Å². The summed E-state index contributed by atoms with van der Waals surface area (Å²) < 4.78 is 1.89. The van der Waals surface area contributed by atoms with Crippen LogP contribution in [0.5, 0.6) is 0 Å². The minimum atomic E-state index is -0.544. The summed E-state index contributed by atoms with van der Waals surface area (Å²) in [6.07, 6.45) is 1.63. The molecule has 1 aliphatic heterocycles. The van der Waals surface area contributed by atoms with Crippen molar-refractivity contribution in [2.24, 2.45) is 0 Å². The molecule has 10 heavy (non-hydrogen) atoms. The zero-order valence-electron chi connectivity index (χ0n) is 5.41. The Kier molecular flexibility index (Phi) is 3.16. The van der Waals surface area contributed by atoms with Gasteiger partial charge in [0.25, 0.3) is 0 Å². The lowest BCUT2D eigenvalue weighted by atomic mass is 10.1. The molecule has 0 aliphatic carbocycles. The van der Waals surface area contributed by atoms with Gasteiger partial charge < -0.3 is 4.31 Å². The van der Waals surface area contributed by atoms with Gasteiger partial charge in [-0.25, -0.2) is 22.4 Å². The van der Waals surface area contributed by atoms with Crippen molar-refractivity contribution in [2.75, 3.05) is 13.1 Å². The van der Waals surface area contributed by atoms with Gasteiger partial charge in [0.15, 0.2) is 0 Å². The average molecular weight is 194 g/mol. The van der Waals surface area contributed by atoms with E-state index in [1.807, 2.05) is 4.31 Å². The van der Waals surface area contributed by atoms with Crippen molar-refractivity contribution in [1.29, 1.82) is 0 Å². The second kappa shape index (κ2) is 3.71. The molecular formula is C5H8NOS3-. The van der Waals surface area contributed by atoms with Gasteiger partial charge in [-0.2, -0.15) is 0 Å². The topological polar surface area (TPSA) is 20.3 Å². The van der Waals surface area contributed by atoms with E-state index in [4.69, 9.17) is 22.4 Å². The zero-order valence-corrected chi connectivity index (χ0v) is 7.86. The van der Waals surface area contributed by atoms with Crippen molar-refractivity contribution in [1.82, 2.24) is 4.31 Å². The Morgan fingerprint density at radius 3 is 2.60 bits per heavy atom. The molecule has 0 unspecified atom stereocenters. The maximum atomic E-state index is 10.8. The molecule has 0 atom stereocenters. The average Bonchev–Trinajstić information content (AvgIpc) is 1.88. The summed E-state index contributed by atoms with van der Waals surface area (Å²) in [5.41, 5.74) is 0. The van der Waals surface area contributed by atoms with Crippen LogP contribution in [0.1, 0.15) is 12.8 Å². The summed E-state index contributed by atoms with van der Waals surface area (Å²) in [5, 5.41) is 0. The Hall–Kier alpha value is 0.420. The molecule has 0 N–H and O–H groups in total. The lowest BCUT2D eigenvalue weighted by molar-refractivity contribution is -0.120. The van der Waals surface area contributed by atoms with Crippen molar-refractivity contribution in [2.45, 2.75) is 12.8 Å². The monoisotopic (exact) mass is 194 g/mol. The summed E-state index contributed by atoms with van der Waals surface area (Å²) >= 11 is 9.74. The van der Waals surface area contributed by atoms with Gasteiger partial charge in [-0.15, -0.1) is 0 Å². The number of piperidine rings is 1. The number of rotatable bonds is 1. The van der Waals surface area contributed by atoms with Crippen molar-refractivity contribution < 1.29 is 4.79 Å². The summed E-state index contributed by atoms with van der Waals surface area (Å²) in [7, 11) is -0.544. The number of hydrogen-bond acceptors (Lipinski definition) is 4. The van der Waals surface area contributed by atoms with E-state index in [9.17, 15) is 4.79 Å². The summed E-state index contributed by atoms with van der Waals surface area (Å²) in [6, 6.07) is 0. The number of Topliss-reactive ketones (excluding diaryl/α,β-unsaturated/α-hetero) is 1. The first-order chi connectivity index (χ1) is 4.70. The molecule has 1 saturated heterocycles. The molecule has 1 rings (SSSR count). The van der Waals surface area contributed by atoms with Crippen LogP contribution >= 0.6 is 0 Å². The van der Waals surface area contributed by atoms with Crippen molar-refractivity contribution in [3.8, 4) is 0 Å². The molecule has 1 heterocycles. The highest BCUT2D eigenvalue weighted by molar-refractivity contribution is 8.45. The second-order valence-electron chi connectivity index (χ2n) is 2.22. The number of ketones is 1. The molecule has 5 heteroatoms. The van der Waals surface area contributed by atoms with Gasteiger partial charge >= 0.3 is 0 Å². The van der Waals surface area contributed by atoms with Gasteiger partial charge in [0, 0.05) is 13.0 Å². The highest BCUT2D eigenvalue weighted by Gasteiger charge is 2.10. The van der Waals surface area contributed by atoms with Crippen molar-refractivity contribution >= 4 is 36.4 Å². The Bertz CT molecular complexity index is 203. The number of nitrogens with zero attached hydrogens (tertiary/aromatic N) is 1. The van der Waals surface area contributed by atoms with Gasteiger partial charge in [0.1, 0.15) is 5.78 Å². The summed E-state index contributed by atoms with van der Waals surface area (Å²) in [4.78, 5) is 10.8.